The molecule has 1 atom stereocenters. The second kappa shape index (κ2) is 7.41. The second-order valence-corrected chi connectivity index (χ2v) is 7.84. The summed E-state index contributed by atoms with van der Waals surface area (Å²) in [4.78, 5) is 4.93. The molecule has 1 aliphatic rings. The number of benzene rings is 2. The van der Waals surface area contributed by atoms with Crippen LogP contribution >= 0.6 is 0 Å². The Bertz CT molecular complexity index is 1050. The predicted octanol–water partition coefficient (Wildman–Crippen LogP) is 5.36. The standard InChI is InChI=1S/C23H18FNOS/c1-27(26)21-8-4-16(5-9-21)19-14-22(17-2-6-20(24)7-3-17)23(15-19)18-10-12-25-13-11-18/h2-13,15H,14H2,1H3. The van der Waals surface area contributed by atoms with Gasteiger partial charge in [-0.3, -0.25) is 9.19 Å². The van der Waals surface area contributed by atoms with Crippen LogP contribution in [0.25, 0.3) is 16.7 Å². The first-order valence-corrected chi connectivity index (χ1v) is 10.2. The lowest BCUT2D eigenvalue weighted by molar-refractivity contribution is 0.627. The first-order valence-electron chi connectivity index (χ1n) is 8.66. The molecule has 27 heavy (non-hydrogen) atoms. The van der Waals surface area contributed by atoms with Crippen LogP contribution in [-0.4, -0.2) is 15.4 Å². The number of rotatable bonds is 4. The lowest BCUT2D eigenvalue weighted by Gasteiger charge is -2.09. The van der Waals surface area contributed by atoms with Crippen LogP contribution in [0.2, 0.25) is 0 Å². The van der Waals surface area contributed by atoms with Crippen molar-refractivity contribution in [2.24, 2.45) is 0 Å². The minimum absolute atomic E-state index is 0.237. The zero-order valence-electron chi connectivity index (χ0n) is 14.9. The van der Waals surface area contributed by atoms with E-state index in [1.165, 1.54) is 23.3 Å². The number of halogens is 1. The molecule has 1 unspecified atom stereocenters. The summed E-state index contributed by atoms with van der Waals surface area (Å²) in [5, 5.41) is 0. The average Bonchev–Trinajstić information content (AvgIpc) is 3.15. The summed E-state index contributed by atoms with van der Waals surface area (Å²) in [5.74, 6) is -0.237. The zero-order valence-corrected chi connectivity index (χ0v) is 15.7. The predicted molar refractivity (Wildman–Crippen MR) is 109 cm³/mol. The highest BCUT2D eigenvalue weighted by molar-refractivity contribution is 7.84. The topological polar surface area (TPSA) is 30.0 Å². The maximum Gasteiger partial charge on any atom is 0.123 e. The maximum atomic E-state index is 13.4. The van der Waals surface area contributed by atoms with Crippen molar-refractivity contribution >= 4 is 27.5 Å². The van der Waals surface area contributed by atoms with Crippen LogP contribution in [0.5, 0.6) is 0 Å². The summed E-state index contributed by atoms with van der Waals surface area (Å²) in [6.07, 6.45) is 8.19. The van der Waals surface area contributed by atoms with Crippen molar-refractivity contribution < 1.29 is 8.60 Å². The quantitative estimate of drug-likeness (QED) is 0.615. The number of aromatic nitrogens is 1. The molecule has 0 amide bonds. The van der Waals surface area contributed by atoms with Crippen LogP contribution in [0.3, 0.4) is 0 Å². The Hall–Kier alpha value is -2.85. The third-order valence-corrected chi connectivity index (χ3v) is 5.69. The van der Waals surface area contributed by atoms with Gasteiger partial charge in [0.25, 0.3) is 0 Å². The van der Waals surface area contributed by atoms with Crippen molar-refractivity contribution in [3.63, 3.8) is 0 Å². The van der Waals surface area contributed by atoms with E-state index < -0.39 is 10.8 Å². The van der Waals surface area contributed by atoms with Crippen LogP contribution in [0.1, 0.15) is 23.1 Å². The Labute approximate surface area is 160 Å². The number of pyridine rings is 1. The Balaban J connectivity index is 1.76. The molecular formula is C23H18FNOS. The van der Waals surface area contributed by atoms with Crippen molar-refractivity contribution in [1.29, 1.82) is 0 Å². The smallest absolute Gasteiger partial charge is 0.123 e. The van der Waals surface area contributed by atoms with Crippen LogP contribution in [0.4, 0.5) is 4.39 Å². The van der Waals surface area contributed by atoms with Gasteiger partial charge < -0.3 is 0 Å². The van der Waals surface area contributed by atoms with Crippen molar-refractivity contribution in [2.75, 3.05) is 6.26 Å². The minimum atomic E-state index is -0.987. The van der Waals surface area contributed by atoms with Gasteiger partial charge in [0.15, 0.2) is 0 Å². The molecule has 0 fully saturated rings. The maximum absolute atomic E-state index is 13.4. The summed E-state index contributed by atoms with van der Waals surface area (Å²) in [6, 6.07) is 18.5. The normalized spacial score (nSPS) is 15.0. The van der Waals surface area contributed by atoms with E-state index in [0.717, 1.165) is 33.6 Å². The first-order chi connectivity index (χ1) is 13.1. The minimum Gasteiger partial charge on any atom is -0.265 e. The van der Waals surface area contributed by atoms with Crippen molar-refractivity contribution in [3.8, 4) is 0 Å². The summed E-state index contributed by atoms with van der Waals surface area (Å²) in [7, 11) is -0.987. The summed E-state index contributed by atoms with van der Waals surface area (Å²) in [5.41, 5.74) is 6.69. The van der Waals surface area contributed by atoms with Crippen molar-refractivity contribution in [3.05, 3.63) is 102 Å². The van der Waals surface area contributed by atoms with E-state index in [9.17, 15) is 8.60 Å². The molecule has 1 heterocycles. The molecular weight excluding hydrogens is 357 g/mol. The largest absolute Gasteiger partial charge is 0.265 e. The van der Waals surface area contributed by atoms with E-state index in [1.54, 1.807) is 18.6 Å². The van der Waals surface area contributed by atoms with Gasteiger partial charge in [-0.2, -0.15) is 0 Å². The van der Waals surface area contributed by atoms with Gasteiger partial charge in [0.05, 0.1) is 0 Å². The summed E-state index contributed by atoms with van der Waals surface area (Å²) in [6.45, 7) is 0. The molecule has 0 radical (unpaired) electrons. The third kappa shape index (κ3) is 3.67. The van der Waals surface area contributed by atoms with E-state index in [-0.39, 0.29) is 5.82 Å². The highest BCUT2D eigenvalue weighted by Gasteiger charge is 2.20. The van der Waals surface area contributed by atoms with Gasteiger partial charge in [-0.05, 0) is 82.3 Å². The Morgan fingerprint density at radius 3 is 2.11 bits per heavy atom. The monoisotopic (exact) mass is 375 g/mol. The molecule has 2 aromatic carbocycles. The molecule has 0 N–H and O–H groups in total. The van der Waals surface area contributed by atoms with Crippen LogP contribution in [0, 0.1) is 5.82 Å². The van der Waals surface area contributed by atoms with Gasteiger partial charge >= 0.3 is 0 Å². The highest BCUT2D eigenvalue weighted by Crippen LogP contribution is 2.42. The number of hydrogen-bond donors (Lipinski definition) is 0. The number of nitrogens with zero attached hydrogens (tertiary/aromatic N) is 1. The van der Waals surface area contributed by atoms with E-state index >= 15 is 0 Å². The van der Waals surface area contributed by atoms with Gasteiger partial charge in [-0.25, -0.2) is 4.39 Å². The van der Waals surface area contributed by atoms with Gasteiger partial charge in [-0.1, -0.05) is 24.3 Å². The van der Waals surface area contributed by atoms with Crippen molar-refractivity contribution in [2.45, 2.75) is 11.3 Å². The lowest BCUT2D eigenvalue weighted by atomic mass is 9.96. The lowest BCUT2D eigenvalue weighted by Crippen LogP contribution is -1.89. The van der Waals surface area contributed by atoms with Gasteiger partial charge in [0.2, 0.25) is 0 Å². The SMILES string of the molecule is CS(=O)c1ccc(C2=CC(c3ccncc3)=C(c3ccc(F)cc3)C2)cc1. The van der Waals surface area contributed by atoms with E-state index in [4.69, 9.17) is 0 Å². The zero-order chi connectivity index (χ0) is 18.8. The fourth-order valence-electron chi connectivity index (χ4n) is 3.34. The summed E-state index contributed by atoms with van der Waals surface area (Å²) >= 11 is 0. The Morgan fingerprint density at radius 1 is 0.852 bits per heavy atom. The fourth-order valence-corrected chi connectivity index (χ4v) is 3.86. The molecule has 0 aliphatic heterocycles. The van der Waals surface area contributed by atoms with Crippen LogP contribution in [0.15, 0.2) is 84.0 Å². The highest BCUT2D eigenvalue weighted by atomic mass is 32.2. The fraction of sp³-hybridized carbons (Fsp3) is 0.0870. The molecule has 1 aliphatic carbocycles. The molecule has 134 valence electrons. The number of hydrogen-bond acceptors (Lipinski definition) is 2. The van der Waals surface area contributed by atoms with Gasteiger partial charge in [-0.15, -0.1) is 0 Å². The summed E-state index contributed by atoms with van der Waals surface area (Å²) < 4.78 is 25.0. The third-order valence-electron chi connectivity index (χ3n) is 4.75. The van der Waals surface area contributed by atoms with E-state index in [2.05, 4.69) is 11.1 Å². The molecule has 0 bridgehead atoms. The van der Waals surface area contributed by atoms with E-state index in [0.29, 0.717) is 0 Å². The molecule has 3 aromatic rings. The average molecular weight is 375 g/mol. The second-order valence-electron chi connectivity index (χ2n) is 6.46. The van der Waals surface area contributed by atoms with Gasteiger partial charge in [0.1, 0.15) is 5.82 Å². The molecule has 0 spiro atoms. The van der Waals surface area contributed by atoms with Crippen LogP contribution in [-0.2, 0) is 10.8 Å². The molecule has 4 heteroatoms. The molecule has 2 nitrogen and oxygen atoms in total. The van der Waals surface area contributed by atoms with Gasteiger partial charge in [0, 0.05) is 34.3 Å². The number of allylic oxidation sites excluding steroid dienone is 4. The Morgan fingerprint density at radius 2 is 1.48 bits per heavy atom. The molecule has 1 aromatic heterocycles. The van der Waals surface area contributed by atoms with Crippen LogP contribution < -0.4 is 0 Å². The van der Waals surface area contributed by atoms with E-state index in [1.807, 2.05) is 48.5 Å². The molecule has 0 saturated carbocycles. The van der Waals surface area contributed by atoms with Crippen molar-refractivity contribution in [1.82, 2.24) is 4.98 Å². The first kappa shape index (κ1) is 17.6. The Kier molecular flexibility index (Phi) is 4.82. The molecule has 4 rings (SSSR count). The molecule has 0 saturated heterocycles.